The molecule has 34 heavy (non-hydrogen) atoms. The third-order valence-corrected chi connectivity index (χ3v) is 5.51. The van der Waals surface area contributed by atoms with Gasteiger partial charge in [0.1, 0.15) is 0 Å². The van der Waals surface area contributed by atoms with Crippen LogP contribution in [-0.2, 0) is 12.8 Å². The van der Waals surface area contributed by atoms with Gasteiger partial charge in [-0.05, 0) is 60.2 Å². The van der Waals surface area contributed by atoms with E-state index in [-0.39, 0.29) is 22.7 Å². The molecule has 6 heteroatoms. The second-order valence-corrected chi connectivity index (χ2v) is 7.72. The Morgan fingerprint density at radius 1 is 0.853 bits per heavy atom. The highest BCUT2D eigenvalue weighted by Gasteiger charge is 2.16. The minimum absolute atomic E-state index is 0.0174. The topological polar surface area (TPSA) is 35.0 Å². The highest BCUT2D eigenvalue weighted by Crippen LogP contribution is 2.27. The number of hydrogen-bond donors (Lipinski definition) is 0. The summed E-state index contributed by atoms with van der Waals surface area (Å²) in [5, 5.41) is 0. The van der Waals surface area contributed by atoms with Gasteiger partial charge in [-0.2, -0.15) is 0 Å². The molecule has 0 spiro atoms. The van der Waals surface area contributed by atoms with Gasteiger partial charge in [0, 0.05) is 18.0 Å². The van der Waals surface area contributed by atoms with Gasteiger partial charge in [0.2, 0.25) is 0 Å². The Bertz CT molecular complexity index is 1300. The zero-order chi connectivity index (χ0) is 24.1. The number of aryl methyl sites for hydroxylation is 2. The first kappa shape index (κ1) is 23.2. The van der Waals surface area contributed by atoms with Crippen molar-refractivity contribution in [2.24, 2.45) is 0 Å². The third-order valence-electron chi connectivity index (χ3n) is 5.51. The molecule has 0 saturated carbocycles. The Labute approximate surface area is 196 Å². The number of benzene rings is 3. The van der Waals surface area contributed by atoms with Gasteiger partial charge in [-0.15, -0.1) is 0 Å². The highest BCUT2D eigenvalue weighted by atomic mass is 19.2. The van der Waals surface area contributed by atoms with Crippen LogP contribution in [0.4, 0.5) is 13.2 Å². The molecule has 0 aliphatic carbocycles. The van der Waals surface area contributed by atoms with E-state index in [0.29, 0.717) is 25.0 Å². The van der Waals surface area contributed by atoms with E-state index in [2.05, 4.69) is 16.5 Å². The maximum Gasteiger partial charge on any atom is 0.170 e. The zero-order valence-corrected chi connectivity index (χ0v) is 18.7. The van der Waals surface area contributed by atoms with E-state index in [1.807, 2.05) is 24.3 Å². The van der Waals surface area contributed by atoms with Crippen LogP contribution in [0, 0.1) is 17.5 Å². The number of nitrogens with zero attached hydrogens (tertiary/aromatic N) is 2. The molecule has 0 aliphatic heterocycles. The average Bonchev–Trinajstić information content (AvgIpc) is 2.87. The van der Waals surface area contributed by atoms with Crippen LogP contribution >= 0.6 is 0 Å². The summed E-state index contributed by atoms with van der Waals surface area (Å²) in [4.78, 5) is 8.16. The van der Waals surface area contributed by atoms with Gasteiger partial charge < -0.3 is 4.74 Å². The summed E-state index contributed by atoms with van der Waals surface area (Å²) >= 11 is 0. The number of rotatable bonds is 8. The molecule has 0 fully saturated rings. The van der Waals surface area contributed by atoms with Gasteiger partial charge in [-0.1, -0.05) is 49.1 Å². The molecule has 0 atom stereocenters. The SMILES string of the molecule is C=Cc1cnc(-c2ccc(CCc3ccc(-c4ccc(OCC)c(F)c4)cc3)c(F)c2F)nc1. The van der Waals surface area contributed by atoms with E-state index < -0.39 is 17.5 Å². The minimum Gasteiger partial charge on any atom is -0.491 e. The number of ether oxygens (including phenoxy) is 1. The van der Waals surface area contributed by atoms with E-state index in [4.69, 9.17) is 4.74 Å². The van der Waals surface area contributed by atoms with Gasteiger partial charge in [-0.3, -0.25) is 0 Å². The molecule has 0 unspecified atom stereocenters. The Kier molecular flexibility index (Phi) is 7.07. The monoisotopic (exact) mass is 460 g/mol. The molecule has 4 rings (SSSR count). The van der Waals surface area contributed by atoms with Crippen LogP contribution in [0.15, 0.2) is 73.6 Å². The van der Waals surface area contributed by atoms with Crippen LogP contribution in [0.25, 0.3) is 28.6 Å². The van der Waals surface area contributed by atoms with Crippen LogP contribution < -0.4 is 4.74 Å². The van der Waals surface area contributed by atoms with Gasteiger partial charge >= 0.3 is 0 Å². The lowest BCUT2D eigenvalue weighted by Crippen LogP contribution is -2.01. The van der Waals surface area contributed by atoms with Crippen molar-refractivity contribution in [3.05, 3.63) is 108 Å². The first-order valence-electron chi connectivity index (χ1n) is 10.9. The third kappa shape index (κ3) is 5.01. The van der Waals surface area contributed by atoms with Crippen LogP contribution in [0.3, 0.4) is 0 Å². The van der Waals surface area contributed by atoms with Crippen LogP contribution in [0.1, 0.15) is 23.6 Å². The standard InChI is InChI=1S/C28H23F3N2O/c1-3-18-16-32-28(33-17-18)23-13-11-21(26(30)27(23)31)10-7-19-5-8-20(9-6-19)22-12-14-25(34-4-2)24(29)15-22/h3,5-6,8-9,11-17H,1,4,7,10H2,2H3. The largest absolute Gasteiger partial charge is 0.491 e. The molecule has 1 heterocycles. The Morgan fingerprint density at radius 2 is 1.56 bits per heavy atom. The van der Waals surface area contributed by atoms with Crippen molar-refractivity contribution in [1.29, 1.82) is 0 Å². The summed E-state index contributed by atoms with van der Waals surface area (Å²) in [5.74, 6) is -1.92. The van der Waals surface area contributed by atoms with Crippen molar-refractivity contribution in [2.75, 3.05) is 6.61 Å². The lowest BCUT2D eigenvalue weighted by molar-refractivity contribution is 0.321. The normalized spacial score (nSPS) is 10.8. The van der Waals surface area contributed by atoms with Crippen LogP contribution in [0.5, 0.6) is 5.75 Å². The fraction of sp³-hybridized carbons (Fsp3) is 0.143. The molecule has 3 aromatic carbocycles. The number of aromatic nitrogens is 2. The van der Waals surface area contributed by atoms with Crippen LogP contribution in [-0.4, -0.2) is 16.6 Å². The van der Waals surface area contributed by atoms with E-state index in [1.54, 1.807) is 31.2 Å². The van der Waals surface area contributed by atoms with Crippen molar-refractivity contribution < 1.29 is 17.9 Å². The van der Waals surface area contributed by atoms with Crippen molar-refractivity contribution in [2.45, 2.75) is 19.8 Å². The molecule has 0 amide bonds. The number of hydrogen-bond acceptors (Lipinski definition) is 3. The lowest BCUT2D eigenvalue weighted by atomic mass is 9.99. The molecule has 172 valence electrons. The fourth-order valence-corrected chi connectivity index (χ4v) is 3.63. The minimum atomic E-state index is -0.961. The predicted octanol–water partition coefficient (Wildman–Crippen LogP) is 7.05. The van der Waals surface area contributed by atoms with Crippen molar-refractivity contribution in [3.8, 4) is 28.3 Å². The Balaban J connectivity index is 1.45. The lowest BCUT2D eigenvalue weighted by Gasteiger charge is -2.10. The molecule has 0 aliphatic rings. The molecule has 3 nitrogen and oxygen atoms in total. The Morgan fingerprint density at radius 3 is 2.21 bits per heavy atom. The maximum absolute atomic E-state index is 14.7. The van der Waals surface area contributed by atoms with E-state index in [9.17, 15) is 13.2 Å². The summed E-state index contributed by atoms with van der Waals surface area (Å²) < 4.78 is 48.8. The van der Waals surface area contributed by atoms with E-state index >= 15 is 0 Å². The fourth-order valence-electron chi connectivity index (χ4n) is 3.63. The number of halogens is 3. The summed E-state index contributed by atoms with van der Waals surface area (Å²) in [6.45, 7) is 5.82. The Hall–Kier alpha value is -3.93. The average molecular weight is 460 g/mol. The van der Waals surface area contributed by atoms with Crippen LogP contribution in [0.2, 0.25) is 0 Å². The van der Waals surface area contributed by atoms with Crippen molar-refractivity contribution in [3.63, 3.8) is 0 Å². The summed E-state index contributed by atoms with van der Waals surface area (Å²) in [5.41, 5.74) is 3.54. The second-order valence-electron chi connectivity index (χ2n) is 7.72. The second kappa shape index (κ2) is 10.3. The molecule has 0 radical (unpaired) electrons. The predicted molar refractivity (Wildman–Crippen MR) is 128 cm³/mol. The summed E-state index contributed by atoms with van der Waals surface area (Å²) in [6, 6.07) is 15.5. The summed E-state index contributed by atoms with van der Waals surface area (Å²) in [6.07, 6.45) is 5.44. The molecule has 0 bridgehead atoms. The zero-order valence-electron chi connectivity index (χ0n) is 18.7. The molecular weight excluding hydrogens is 437 g/mol. The van der Waals surface area contributed by atoms with Crippen molar-refractivity contribution in [1.82, 2.24) is 9.97 Å². The molecule has 0 N–H and O–H groups in total. The van der Waals surface area contributed by atoms with E-state index in [1.165, 1.54) is 24.5 Å². The highest BCUT2D eigenvalue weighted by molar-refractivity contribution is 5.65. The molecule has 0 saturated heterocycles. The van der Waals surface area contributed by atoms with Gasteiger partial charge in [0.05, 0.1) is 12.2 Å². The van der Waals surface area contributed by atoms with E-state index in [0.717, 1.165) is 16.7 Å². The molecule has 1 aromatic heterocycles. The first-order chi connectivity index (χ1) is 16.5. The first-order valence-corrected chi connectivity index (χ1v) is 10.9. The van der Waals surface area contributed by atoms with Gasteiger partial charge in [-0.25, -0.2) is 23.1 Å². The maximum atomic E-state index is 14.7. The smallest absolute Gasteiger partial charge is 0.170 e. The van der Waals surface area contributed by atoms with Gasteiger partial charge in [0.25, 0.3) is 0 Å². The van der Waals surface area contributed by atoms with Crippen molar-refractivity contribution >= 4 is 6.08 Å². The summed E-state index contributed by atoms with van der Waals surface area (Å²) in [7, 11) is 0. The quantitative estimate of drug-likeness (QED) is 0.282. The van der Waals surface area contributed by atoms with Gasteiger partial charge in [0.15, 0.2) is 29.0 Å². The molecular formula is C28H23F3N2O. The molecule has 4 aromatic rings.